The second-order valence-corrected chi connectivity index (χ2v) is 4.44. The molecule has 1 heterocycles. The first-order chi connectivity index (χ1) is 7.68. The summed E-state index contributed by atoms with van der Waals surface area (Å²) in [6.45, 7) is 1.83. The number of nitrogens with one attached hydrogen (secondary N) is 1. The van der Waals surface area contributed by atoms with E-state index in [9.17, 15) is 4.39 Å². The van der Waals surface area contributed by atoms with Crippen LogP contribution in [0.3, 0.4) is 0 Å². The minimum Gasteiger partial charge on any atom is -0.339 e. The number of nitrogens with two attached hydrogens (primary N) is 1. The first-order valence-electron chi connectivity index (χ1n) is 4.89. The standard InChI is InChI=1S/C11H12FN3S/c1-7(13)8-3-2-4-9(12)10(8)16-11-14-5-6-15-11/h2-7H,13H2,1H3,(H,14,15). The Morgan fingerprint density at radius 1 is 1.50 bits per heavy atom. The molecule has 2 rings (SSSR count). The number of halogens is 1. The number of hydrogen-bond donors (Lipinski definition) is 2. The lowest BCUT2D eigenvalue weighted by molar-refractivity contribution is 0.591. The molecule has 0 radical (unpaired) electrons. The van der Waals surface area contributed by atoms with Gasteiger partial charge < -0.3 is 10.7 Å². The second-order valence-electron chi connectivity index (χ2n) is 3.44. The molecule has 1 atom stereocenters. The summed E-state index contributed by atoms with van der Waals surface area (Å²) in [4.78, 5) is 7.51. The van der Waals surface area contributed by atoms with Crippen molar-refractivity contribution in [2.45, 2.75) is 23.0 Å². The molecule has 84 valence electrons. The Balaban J connectivity index is 2.38. The number of nitrogens with zero attached hydrogens (tertiary/aromatic N) is 1. The van der Waals surface area contributed by atoms with Crippen LogP contribution in [-0.2, 0) is 0 Å². The molecular weight excluding hydrogens is 225 g/mol. The smallest absolute Gasteiger partial charge is 0.170 e. The van der Waals surface area contributed by atoms with Crippen molar-refractivity contribution in [3.63, 3.8) is 0 Å². The predicted molar refractivity (Wildman–Crippen MR) is 61.7 cm³/mol. The van der Waals surface area contributed by atoms with Crippen molar-refractivity contribution in [2.75, 3.05) is 0 Å². The van der Waals surface area contributed by atoms with E-state index in [-0.39, 0.29) is 11.9 Å². The summed E-state index contributed by atoms with van der Waals surface area (Å²) in [5.41, 5.74) is 6.59. The third-order valence-corrected chi connectivity index (χ3v) is 3.21. The number of aromatic nitrogens is 2. The van der Waals surface area contributed by atoms with Crippen molar-refractivity contribution >= 4 is 11.8 Å². The molecule has 0 saturated carbocycles. The minimum absolute atomic E-state index is 0.201. The maximum atomic E-state index is 13.7. The molecule has 1 aromatic carbocycles. The van der Waals surface area contributed by atoms with Crippen LogP contribution >= 0.6 is 11.8 Å². The average Bonchev–Trinajstić information content (AvgIpc) is 2.73. The highest BCUT2D eigenvalue weighted by Gasteiger charge is 2.13. The third kappa shape index (κ3) is 2.25. The highest BCUT2D eigenvalue weighted by molar-refractivity contribution is 7.99. The Morgan fingerprint density at radius 3 is 2.94 bits per heavy atom. The van der Waals surface area contributed by atoms with E-state index < -0.39 is 0 Å². The molecule has 5 heteroatoms. The molecule has 0 spiro atoms. The molecule has 3 nitrogen and oxygen atoms in total. The van der Waals surface area contributed by atoms with Crippen LogP contribution < -0.4 is 5.73 Å². The van der Waals surface area contributed by atoms with Crippen LogP contribution in [0.2, 0.25) is 0 Å². The van der Waals surface area contributed by atoms with Gasteiger partial charge in [0, 0.05) is 18.4 Å². The lowest BCUT2D eigenvalue weighted by Crippen LogP contribution is -2.07. The van der Waals surface area contributed by atoms with E-state index in [1.54, 1.807) is 18.5 Å². The summed E-state index contributed by atoms with van der Waals surface area (Å²) in [5.74, 6) is -0.267. The van der Waals surface area contributed by atoms with Crippen molar-refractivity contribution in [3.05, 3.63) is 42.0 Å². The van der Waals surface area contributed by atoms with Crippen molar-refractivity contribution in [1.82, 2.24) is 9.97 Å². The van der Waals surface area contributed by atoms with Crippen LogP contribution in [-0.4, -0.2) is 9.97 Å². The lowest BCUT2D eigenvalue weighted by atomic mass is 10.1. The van der Waals surface area contributed by atoms with E-state index in [1.165, 1.54) is 17.8 Å². The Bertz CT molecular complexity index is 468. The van der Waals surface area contributed by atoms with Gasteiger partial charge >= 0.3 is 0 Å². The van der Waals surface area contributed by atoms with Crippen molar-refractivity contribution in [2.24, 2.45) is 5.73 Å². The molecule has 0 fully saturated rings. The van der Waals surface area contributed by atoms with E-state index in [0.29, 0.717) is 10.1 Å². The number of hydrogen-bond acceptors (Lipinski definition) is 3. The first-order valence-corrected chi connectivity index (χ1v) is 5.71. The lowest BCUT2D eigenvalue weighted by Gasteiger charge is -2.11. The van der Waals surface area contributed by atoms with Gasteiger partial charge in [0.25, 0.3) is 0 Å². The Kier molecular flexibility index (Phi) is 3.26. The van der Waals surface area contributed by atoms with Gasteiger partial charge in [0.1, 0.15) is 5.82 Å². The zero-order valence-corrected chi connectivity index (χ0v) is 9.59. The fourth-order valence-electron chi connectivity index (χ4n) is 1.40. The van der Waals surface area contributed by atoms with Gasteiger partial charge in [-0.2, -0.15) is 0 Å². The van der Waals surface area contributed by atoms with Gasteiger partial charge in [0.2, 0.25) is 0 Å². The highest BCUT2D eigenvalue weighted by Crippen LogP contribution is 2.32. The number of imidazole rings is 1. The summed E-state index contributed by atoms with van der Waals surface area (Å²) in [5, 5.41) is 0.659. The molecule has 16 heavy (non-hydrogen) atoms. The predicted octanol–water partition coefficient (Wildman–Crippen LogP) is 2.72. The Morgan fingerprint density at radius 2 is 2.31 bits per heavy atom. The monoisotopic (exact) mass is 237 g/mol. The van der Waals surface area contributed by atoms with E-state index >= 15 is 0 Å². The maximum Gasteiger partial charge on any atom is 0.170 e. The van der Waals surface area contributed by atoms with Crippen LogP contribution in [0.1, 0.15) is 18.5 Å². The fourth-order valence-corrected chi connectivity index (χ4v) is 2.37. The van der Waals surface area contributed by atoms with Gasteiger partial charge in [0.15, 0.2) is 5.16 Å². The minimum atomic E-state index is -0.267. The van der Waals surface area contributed by atoms with Crippen LogP contribution in [0.5, 0.6) is 0 Å². The second kappa shape index (κ2) is 4.67. The Labute approximate surface area is 97.3 Å². The van der Waals surface area contributed by atoms with Gasteiger partial charge in [-0.15, -0.1) is 0 Å². The summed E-state index contributed by atoms with van der Waals surface area (Å²) in [7, 11) is 0. The normalized spacial score (nSPS) is 12.7. The largest absolute Gasteiger partial charge is 0.339 e. The number of aromatic amines is 1. The van der Waals surface area contributed by atoms with Gasteiger partial charge in [-0.3, -0.25) is 0 Å². The number of H-pyrrole nitrogens is 1. The highest BCUT2D eigenvalue weighted by atomic mass is 32.2. The van der Waals surface area contributed by atoms with Crippen LogP contribution in [0.25, 0.3) is 0 Å². The molecule has 0 bridgehead atoms. The van der Waals surface area contributed by atoms with Crippen LogP contribution in [0, 0.1) is 5.82 Å². The first kappa shape index (κ1) is 11.2. The molecule has 3 N–H and O–H groups in total. The summed E-state index contributed by atoms with van der Waals surface area (Å²) >= 11 is 1.25. The van der Waals surface area contributed by atoms with Gasteiger partial charge in [-0.25, -0.2) is 9.37 Å². The van der Waals surface area contributed by atoms with E-state index in [4.69, 9.17) is 5.73 Å². The van der Waals surface area contributed by atoms with Crippen LogP contribution in [0.15, 0.2) is 40.6 Å². The maximum absolute atomic E-state index is 13.7. The molecule has 0 aliphatic rings. The van der Waals surface area contributed by atoms with Gasteiger partial charge in [-0.1, -0.05) is 12.1 Å². The van der Waals surface area contributed by atoms with Crippen molar-refractivity contribution in [3.8, 4) is 0 Å². The molecule has 0 amide bonds. The van der Waals surface area contributed by atoms with Crippen molar-refractivity contribution < 1.29 is 4.39 Å². The van der Waals surface area contributed by atoms with Gasteiger partial charge in [0.05, 0.1) is 4.90 Å². The summed E-state index contributed by atoms with van der Waals surface area (Å²) < 4.78 is 13.7. The zero-order valence-electron chi connectivity index (χ0n) is 8.77. The molecule has 0 aliphatic carbocycles. The number of rotatable bonds is 3. The SMILES string of the molecule is CC(N)c1cccc(F)c1Sc1ncc[nH]1. The Hall–Kier alpha value is -1.33. The van der Waals surface area contributed by atoms with Crippen LogP contribution in [0.4, 0.5) is 4.39 Å². The molecule has 1 unspecified atom stereocenters. The molecule has 2 aromatic rings. The van der Waals surface area contributed by atoms with E-state index in [1.807, 2.05) is 13.0 Å². The third-order valence-electron chi connectivity index (χ3n) is 2.16. The molecule has 0 aliphatic heterocycles. The van der Waals surface area contributed by atoms with Gasteiger partial charge in [-0.05, 0) is 30.3 Å². The zero-order chi connectivity index (χ0) is 11.5. The number of benzene rings is 1. The molecule has 0 saturated heterocycles. The summed E-state index contributed by atoms with van der Waals surface area (Å²) in [6.07, 6.45) is 3.34. The summed E-state index contributed by atoms with van der Waals surface area (Å²) in [6, 6.07) is 4.73. The van der Waals surface area contributed by atoms with E-state index in [0.717, 1.165) is 5.56 Å². The topological polar surface area (TPSA) is 54.7 Å². The average molecular weight is 237 g/mol. The fraction of sp³-hybridized carbons (Fsp3) is 0.182. The quantitative estimate of drug-likeness (QED) is 0.863. The molecular formula is C11H12FN3S. The van der Waals surface area contributed by atoms with Crippen molar-refractivity contribution in [1.29, 1.82) is 0 Å². The molecule has 1 aromatic heterocycles. The van der Waals surface area contributed by atoms with E-state index in [2.05, 4.69) is 9.97 Å².